The minimum Gasteiger partial charge on any atom is -0.457 e. The molecule has 0 saturated carbocycles. The average Bonchev–Trinajstić information content (AvgIpc) is 3.13. The van der Waals surface area contributed by atoms with Crippen molar-refractivity contribution in [2.75, 3.05) is 0 Å². The number of nitrogens with one attached hydrogen (secondary N) is 1. The Morgan fingerprint density at radius 1 is 1.14 bits per heavy atom. The van der Waals surface area contributed by atoms with Gasteiger partial charge in [0.05, 0.1) is 6.10 Å². The Kier molecular flexibility index (Phi) is 7.32. The van der Waals surface area contributed by atoms with Crippen molar-refractivity contribution in [3.05, 3.63) is 71.3 Å². The summed E-state index contributed by atoms with van der Waals surface area (Å²) in [4.78, 5) is 39.5. The topological polar surface area (TPSA) is 113 Å². The zero-order valence-electron chi connectivity index (χ0n) is 22.1. The lowest BCUT2D eigenvalue weighted by molar-refractivity contribution is -0.161. The van der Waals surface area contributed by atoms with Crippen molar-refractivity contribution in [2.24, 2.45) is 23.2 Å². The van der Waals surface area contributed by atoms with E-state index in [1.54, 1.807) is 19.1 Å². The van der Waals surface area contributed by atoms with Gasteiger partial charge in [0.2, 0.25) is 5.91 Å². The SMILES string of the molecule is CC(=O)O[C@@H]1C=C[C@@](C)(O)C(=O)[C@H](C)CC=C[C@@H]2[C@@H](O)C(C)=C(C)C3[C@H](Cc4ccccc4)NC(=O)[C@@]321. The molecule has 1 aliphatic heterocycles. The van der Waals surface area contributed by atoms with Crippen molar-refractivity contribution in [3.8, 4) is 0 Å². The Balaban J connectivity index is 1.96. The van der Waals surface area contributed by atoms with Crippen molar-refractivity contribution in [3.63, 3.8) is 0 Å². The van der Waals surface area contributed by atoms with Crippen LogP contribution in [0.25, 0.3) is 0 Å². The van der Waals surface area contributed by atoms with E-state index in [4.69, 9.17) is 4.74 Å². The standard InChI is InChI=1S/C30H37NO6/c1-17-10-9-13-22-26(33)19(3)18(2)25-23(16-21-11-7-6-8-12-21)31-28(35)30(22,25)24(37-20(4)32)14-15-29(5,36)27(17)34/h6-9,11-15,17,22-26,33,36H,10,16H2,1-5H3,(H,31,35)/t17-,22-,23+,24-,25?,26+,29-,30+/m1/s1. The van der Waals surface area contributed by atoms with Gasteiger partial charge in [-0.3, -0.25) is 14.4 Å². The zero-order chi connectivity index (χ0) is 27.1. The summed E-state index contributed by atoms with van der Waals surface area (Å²) in [7, 11) is 0. The summed E-state index contributed by atoms with van der Waals surface area (Å²) in [6, 6.07) is 9.52. The van der Waals surface area contributed by atoms with Crippen LogP contribution in [0.2, 0.25) is 0 Å². The third-order valence-corrected chi connectivity index (χ3v) is 8.49. The summed E-state index contributed by atoms with van der Waals surface area (Å²) in [5.41, 5.74) is -0.500. The number of rotatable bonds is 3. The molecule has 3 aliphatic rings. The van der Waals surface area contributed by atoms with E-state index in [-0.39, 0.29) is 17.7 Å². The zero-order valence-corrected chi connectivity index (χ0v) is 22.1. The Hall–Kier alpha value is -3.03. The second-order valence-corrected chi connectivity index (χ2v) is 11.0. The van der Waals surface area contributed by atoms with Crippen LogP contribution in [-0.2, 0) is 25.5 Å². The van der Waals surface area contributed by atoms with Gasteiger partial charge in [0.25, 0.3) is 0 Å². The van der Waals surface area contributed by atoms with Crippen molar-refractivity contribution in [1.82, 2.24) is 5.32 Å². The van der Waals surface area contributed by atoms with E-state index >= 15 is 0 Å². The molecule has 4 rings (SSSR count). The molecule has 1 amide bonds. The van der Waals surface area contributed by atoms with E-state index in [9.17, 15) is 24.6 Å². The highest BCUT2D eigenvalue weighted by Gasteiger charge is 2.67. The van der Waals surface area contributed by atoms with Crippen LogP contribution in [-0.4, -0.2) is 51.7 Å². The van der Waals surface area contributed by atoms with E-state index in [0.29, 0.717) is 12.8 Å². The number of amides is 1. The lowest BCUT2D eigenvalue weighted by Gasteiger charge is -2.49. The minimum absolute atomic E-state index is 0.314. The van der Waals surface area contributed by atoms with Crippen molar-refractivity contribution in [2.45, 2.75) is 71.3 Å². The van der Waals surface area contributed by atoms with Gasteiger partial charge in [-0.05, 0) is 56.9 Å². The molecule has 0 aromatic heterocycles. The number of benzene rings is 1. The van der Waals surface area contributed by atoms with Gasteiger partial charge in [0, 0.05) is 30.7 Å². The van der Waals surface area contributed by atoms with E-state index in [0.717, 1.165) is 16.7 Å². The van der Waals surface area contributed by atoms with Crippen molar-refractivity contribution < 1.29 is 29.3 Å². The molecule has 1 aromatic carbocycles. The molecule has 1 unspecified atom stereocenters. The van der Waals surface area contributed by atoms with E-state index in [1.165, 1.54) is 26.0 Å². The number of hydrogen-bond donors (Lipinski definition) is 3. The first-order valence-corrected chi connectivity index (χ1v) is 12.9. The molecule has 0 radical (unpaired) electrons. The van der Waals surface area contributed by atoms with Crippen LogP contribution < -0.4 is 5.32 Å². The summed E-state index contributed by atoms with van der Waals surface area (Å²) in [6.07, 6.45) is 5.17. The molecular formula is C30H37NO6. The molecule has 1 fully saturated rings. The smallest absolute Gasteiger partial charge is 0.303 e. The third-order valence-electron chi connectivity index (χ3n) is 8.49. The Morgan fingerprint density at radius 3 is 2.46 bits per heavy atom. The van der Waals surface area contributed by atoms with Crippen LogP contribution in [0, 0.1) is 23.2 Å². The quantitative estimate of drug-likeness (QED) is 0.428. The first-order chi connectivity index (χ1) is 17.4. The molecule has 3 N–H and O–H groups in total. The molecule has 8 atom stereocenters. The number of aliphatic hydroxyl groups excluding tert-OH is 1. The first kappa shape index (κ1) is 27.0. The van der Waals surface area contributed by atoms with Crippen LogP contribution in [0.3, 0.4) is 0 Å². The fourth-order valence-corrected chi connectivity index (χ4v) is 6.54. The number of esters is 1. The number of Topliss-reactive ketones (excluding diaryl/α,β-unsaturated/α-hetero) is 1. The summed E-state index contributed by atoms with van der Waals surface area (Å²) in [5.74, 6) is -2.92. The van der Waals surface area contributed by atoms with Crippen LogP contribution in [0.5, 0.6) is 0 Å². The second kappa shape index (κ2) is 10.0. The number of hydrogen-bond acceptors (Lipinski definition) is 6. The fraction of sp³-hybridized carbons (Fsp3) is 0.500. The highest BCUT2D eigenvalue weighted by Crippen LogP contribution is 2.57. The highest BCUT2D eigenvalue weighted by atomic mass is 16.5. The number of ether oxygens (including phenoxy) is 1. The Morgan fingerprint density at radius 2 is 1.81 bits per heavy atom. The largest absolute Gasteiger partial charge is 0.457 e. The monoisotopic (exact) mass is 507 g/mol. The van der Waals surface area contributed by atoms with E-state index in [1.807, 2.05) is 44.2 Å². The average molecular weight is 508 g/mol. The minimum atomic E-state index is -1.82. The molecule has 1 heterocycles. The van der Waals surface area contributed by atoms with Gasteiger partial charge < -0.3 is 20.3 Å². The second-order valence-electron chi connectivity index (χ2n) is 11.0. The maximum absolute atomic E-state index is 14.2. The Labute approximate surface area is 218 Å². The van der Waals surface area contributed by atoms with Crippen LogP contribution in [0.4, 0.5) is 0 Å². The molecule has 37 heavy (non-hydrogen) atoms. The van der Waals surface area contributed by atoms with Gasteiger partial charge in [-0.1, -0.05) is 55.0 Å². The molecule has 1 aromatic rings. The maximum atomic E-state index is 14.2. The molecular weight excluding hydrogens is 470 g/mol. The van der Waals surface area contributed by atoms with Crippen molar-refractivity contribution >= 4 is 17.7 Å². The van der Waals surface area contributed by atoms with Crippen LogP contribution in [0.15, 0.2) is 65.8 Å². The summed E-state index contributed by atoms with van der Waals surface area (Å²) in [6.45, 7) is 8.20. The number of carbonyl (C=O) groups excluding carboxylic acids is 3. The predicted molar refractivity (Wildman–Crippen MR) is 139 cm³/mol. The fourth-order valence-electron chi connectivity index (χ4n) is 6.54. The van der Waals surface area contributed by atoms with Gasteiger partial charge in [0.15, 0.2) is 5.78 Å². The van der Waals surface area contributed by atoms with E-state index in [2.05, 4.69) is 5.32 Å². The summed E-state index contributed by atoms with van der Waals surface area (Å²) in [5, 5.41) is 25.7. The highest BCUT2D eigenvalue weighted by molar-refractivity contribution is 5.91. The molecule has 1 saturated heterocycles. The number of carbonyl (C=O) groups is 3. The first-order valence-electron chi connectivity index (χ1n) is 12.9. The third kappa shape index (κ3) is 4.59. The maximum Gasteiger partial charge on any atom is 0.303 e. The summed E-state index contributed by atoms with van der Waals surface area (Å²) < 4.78 is 5.82. The number of ketones is 1. The molecule has 0 bridgehead atoms. The molecule has 7 nitrogen and oxygen atoms in total. The van der Waals surface area contributed by atoms with Gasteiger partial charge in [-0.2, -0.15) is 0 Å². The lowest BCUT2D eigenvalue weighted by atomic mass is 9.54. The lowest BCUT2D eigenvalue weighted by Crippen LogP contribution is -2.58. The molecule has 2 aliphatic carbocycles. The molecule has 7 heteroatoms. The summed E-state index contributed by atoms with van der Waals surface area (Å²) >= 11 is 0. The van der Waals surface area contributed by atoms with Gasteiger partial charge in [-0.15, -0.1) is 0 Å². The van der Waals surface area contributed by atoms with Crippen LogP contribution in [0.1, 0.15) is 46.6 Å². The van der Waals surface area contributed by atoms with Gasteiger partial charge in [0.1, 0.15) is 17.1 Å². The van der Waals surface area contributed by atoms with Crippen LogP contribution >= 0.6 is 0 Å². The molecule has 198 valence electrons. The number of allylic oxidation sites excluding steroid dienone is 1. The Bertz CT molecular complexity index is 1170. The molecule has 1 spiro atoms. The van der Waals surface area contributed by atoms with E-state index < -0.39 is 46.9 Å². The normalized spacial score (nSPS) is 37.9. The predicted octanol–water partition coefficient (Wildman–Crippen LogP) is 3.06. The van der Waals surface area contributed by atoms with Gasteiger partial charge in [-0.25, -0.2) is 0 Å². The van der Waals surface area contributed by atoms with Crippen molar-refractivity contribution in [1.29, 1.82) is 0 Å². The van der Waals surface area contributed by atoms with Gasteiger partial charge >= 0.3 is 5.97 Å². The number of aliphatic hydroxyl groups is 2.